The lowest BCUT2D eigenvalue weighted by atomic mass is 10.1. The minimum absolute atomic E-state index is 0.507. The van der Waals surface area contributed by atoms with E-state index in [1.807, 2.05) is 0 Å². The smallest absolute Gasteiger partial charge is 0.296 e. The largest absolute Gasteiger partial charge is 0.416 e. The summed E-state index contributed by atoms with van der Waals surface area (Å²) in [6.07, 6.45) is -5.19. The van der Waals surface area contributed by atoms with Gasteiger partial charge in [-0.05, 0) is 12.1 Å². The Kier molecular flexibility index (Phi) is 2.79. The predicted octanol–water partition coefficient (Wildman–Crippen LogP) is 3.00. The Balaban J connectivity index is 3.06. The third kappa shape index (κ3) is 2.51. The van der Waals surface area contributed by atoms with Gasteiger partial charge in [0.15, 0.2) is 6.29 Å². The Morgan fingerprint density at radius 1 is 0.867 bits per heavy atom. The van der Waals surface area contributed by atoms with Crippen molar-refractivity contribution in [2.24, 2.45) is 0 Å². The second-order valence-electron chi connectivity index (χ2n) is 2.82. The maximum atomic E-state index is 12.7. The van der Waals surface area contributed by atoms with Gasteiger partial charge in [0.25, 0.3) is 0 Å². The van der Waals surface area contributed by atoms with Crippen LogP contribution in [0.2, 0.25) is 0 Å². The molecule has 0 radical (unpaired) electrons. The van der Waals surface area contributed by atoms with Crippen molar-refractivity contribution < 1.29 is 26.7 Å². The van der Waals surface area contributed by atoms with E-state index >= 15 is 0 Å². The molecule has 0 atom stereocenters. The number of benzene rings is 1. The summed E-state index contributed by atoms with van der Waals surface area (Å²) in [6.45, 7) is 0. The zero-order valence-electron chi connectivity index (χ0n) is 7.18. The van der Waals surface area contributed by atoms with E-state index < -0.39 is 29.5 Å². The molecule has 0 aliphatic rings. The van der Waals surface area contributed by atoms with Gasteiger partial charge in [0.1, 0.15) is 0 Å². The van der Waals surface area contributed by atoms with Crippen molar-refractivity contribution in [3.05, 3.63) is 35.4 Å². The van der Waals surface area contributed by atoms with Gasteiger partial charge in [0.2, 0.25) is 0 Å². The van der Waals surface area contributed by atoms with Crippen LogP contribution in [0.3, 0.4) is 0 Å². The first-order valence-electron chi connectivity index (χ1n) is 3.79. The van der Waals surface area contributed by atoms with Gasteiger partial charge < -0.3 is 0 Å². The summed E-state index contributed by atoms with van der Waals surface area (Å²) in [5.74, 6) is -3.75. The highest BCUT2D eigenvalue weighted by Crippen LogP contribution is 2.32. The van der Waals surface area contributed by atoms with Crippen molar-refractivity contribution in [2.45, 2.75) is 12.1 Å². The summed E-state index contributed by atoms with van der Waals surface area (Å²) in [5.41, 5.74) is -1.79. The highest BCUT2D eigenvalue weighted by atomic mass is 19.4. The molecular formula is C9H5F5O. The van der Waals surface area contributed by atoms with Crippen LogP contribution >= 0.6 is 0 Å². The molecule has 0 saturated carbocycles. The van der Waals surface area contributed by atoms with Gasteiger partial charge in [-0.15, -0.1) is 0 Å². The van der Waals surface area contributed by atoms with Gasteiger partial charge in [-0.3, -0.25) is 4.79 Å². The minimum Gasteiger partial charge on any atom is -0.296 e. The van der Waals surface area contributed by atoms with Crippen molar-refractivity contribution in [1.29, 1.82) is 0 Å². The first-order valence-corrected chi connectivity index (χ1v) is 3.79. The van der Waals surface area contributed by atoms with Gasteiger partial charge in [0, 0.05) is 5.56 Å². The molecule has 0 spiro atoms. The molecule has 0 aliphatic carbocycles. The summed E-state index contributed by atoms with van der Waals surface area (Å²) in [5, 5.41) is 0. The molecule has 0 saturated heterocycles. The Labute approximate surface area is 81.5 Å². The molecule has 1 aromatic rings. The van der Waals surface area contributed by atoms with Gasteiger partial charge >= 0.3 is 12.1 Å². The van der Waals surface area contributed by atoms with Crippen LogP contribution in [0.1, 0.15) is 11.1 Å². The van der Waals surface area contributed by atoms with Crippen LogP contribution in [0.4, 0.5) is 22.0 Å². The average molecular weight is 224 g/mol. The third-order valence-corrected chi connectivity index (χ3v) is 1.75. The highest BCUT2D eigenvalue weighted by Gasteiger charge is 2.34. The molecule has 0 fully saturated rings. The standard InChI is InChI=1S/C9H5F5O/c10-8(11,5-15)6-1-3-7(4-2-6)9(12,13)14/h1-5H. The lowest BCUT2D eigenvalue weighted by Gasteiger charge is -2.11. The molecular weight excluding hydrogens is 219 g/mol. The van der Waals surface area contributed by atoms with Crippen LogP contribution in [0.15, 0.2) is 24.3 Å². The summed E-state index contributed by atoms with van der Waals surface area (Å²) in [7, 11) is 0. The first-order chi connectivity index (χ1) is 6.77. The van der Waals surface area contributed by atoms with Crippen LogP contribution in [-0.2, 0) is 16.9 Å². The SMILES string of the molecule is O=CC(F)(F)c1ccc(C(F)(F)F)cc1. The van der Waals surface area contributed by atoms with Crippen molar-refractivity contribution in [2.75, 3.05) is 0 Å². The fourth-order valence-electron chi connectivity index (χ4n) is 0.949. The topological polar surface area (TPSA) is 17.1 Å². The number of hydrogen-bond donors (Lipinski definition) is 0. The van der Waals surface area contributed by atoms with Crippen LogP contribution in [-0.4, -0.2) is 6.29 Å². The number of aldehydes is 1. The minimum atomic E-state index is -4.57. The summed E-state index contributed by atoms with van der Waals surface area (Å²) < 4.78 is 61.5. The lowest BCUT2D eigenvalue weighted by molar-refractivity contribution is -0.137. The average Bonchev–Trinajstić information content (AvgIpc) is 2.17. The van der Waals surface area contributed by atoms with Gasteiger partial charge in [-0.25, -0.2) is 0 Å². The Bertz CT molecular complexity index is 352. The molecule has 1 aromatic carbocycles. The zero-order valence-corrected chi connectivity index (χ0v) is 7.18. The van der Waals surface area contributed by atoms with E-state index in [2.05, 4.69) is 0 Å². The Morgan fingerprint density at radius 3 is 1.60 bits per heavy atom. The van der Waals surface area contributed by atoms with Crippen LogP contribution in [0.5, 0.6) is 0 Å². The maximum Gasteiger partial charge on any atom is 0.416 e. The van der Waals surface area contributed by atoms with Crippen molar-refractivity contribution in [3.63, 3.8) is 0 Å². The Hall–Kier alpha value is -1.46. The molecule has 82 valence electrons. The number of carbonyl (C=O) groups is 1. The molecule has 0 N–H and O–H groups in total. The molecule has 0 amide bonds. The molecule has 6 heteroatoms. The van der Waals surface area contributed by atoms with E-state index in [-0.39, 0.29) is 0 Å². The van der Waals surface area contributed by atoms with E-state index in [1.54, 1.807) is 0 Å². The van der Waals surface area contributed by atoms with Crippen LogP contribution < -0.4 is 0 Å². The van der Waals surface area contributed by atoms with E-state index in [1.165, 1.54) is 0 Å². The normalized spacial score (nSPS) is 12.6. The monoisotopic (exact) mass is 224 g/mol. The van der Waals surface area contributed by atoms with Crippen molar-refractivity contribution in [1.82, 2.24) is 0 Å². The summed E-state index contributed by atoms with van der Waals surface area (Å²) in [6, 6.07) is 2.17. The second-order valence-corrected chi connectivity index (χ2v) is 2.82. The predicted molar refractivity (Wildman–Crippen MR) is 41.4 cm³/mol. The number of alkyl halides is 5. The molecule has 0 bridgehead atoms. The molecule has 1 nitrogen and oxygen atoms in total. The lowest BCUT2D eigenvalue weighted by Crippen LogP contribution is -2.15. The molecule has 0 aromatic heterocycles. The van der Waals surface area contributed by atoms with E-state index in [0.717, 1.165) is 0 Å². The van der Waals surface area contributed by atoms with Crippen LogP contribution in [0, 0.1) is 0 Å². The van der Waals surface area contributed by atoms with Crippen molar-refractivity contribution in [3.8, 4) is 0 Å². The number of halogens is 5. The molecule has 1 rings (SSSR count). The molecule has 15 heavy (non-hydrogen) atoms. The molecule has 0 aliphatic heterocycles. The quantitative estimate of drug-likeness (QED) is 0.557. The van der Waals surface area contributed by atoms with E-state index in [0.29, 0.717) is 24.3 Å². The van der Waals surface area contributed by atoms with E-state index in [9.17, 15) is 26.7 Å². The number of rotatable bonds is 2. The molecule has 0 heterocycles. The van der Waals surface area contributed by atoms with Gasteiger partial charge in [-0.2, -0.15) is 22.0 Å². The van der Waals surface area contributed by atoms with E-state index in [4.69, 9.17) is 0 Å². The molecule has 0 unspecified atom stereocenters. The maximum absolute atomic E-state index is 12.7. The fraction of sp³-hybridized carbons (Fsp3) is 0.222. The van der Waals surface area contributed by atoms with Gasteiger partial charge in [-0.1, -0.05) is 12.1 Å². The summed E-state index contributed by atoms with van der Waals surface area (Å²) in [4.78, 5) is 9.94. The van der Waals surface area contributed by atoms with Crippen LogP contribution in [0.25, 0.3) is 0 Å². The first kappa shape index (κ1) is 11.6. The van der Waals surface area contributed by atoms with Gasteiger partial charge in [0.05, 0.1) is 5.56 Å². The summed E-state index contributed by atoms with van der Waals surface area (Å²) >= 11 is 0. The van der Waals surface area contributed by atoms with Crippen molar-refractivity contribution >= 4 is 6.29 Å². The fourth-order valence-corrected chi connectivity index (χ4v) is 0.949. The third-order valence-electron chi connectivity index (χ3n) is 1.75. The number of carbonyl (C=O) groups excluding carboxylic acids is 1. The Morgan fingerprint density at radius 2 is 1.27 bits per heavy atom. The number of hydrogen-bond acceptors (Lipinski definition) is 1. The zero-order chi connectivity index (χ0) is 11.7. The highest BCUT2D eigenvalue weighted by molar-refractivity contribution is 5.63. The second kappa shape index (κ2) is 3.60.